The molecule has 3 aromatic rings. The predicted molar refractivity (Wildman–Crippen MR) is 91.5 cm³/mol. The number of rotatable bonds is 4. The zero-order valence-corrected chi connectivity index (χ0v) is 12.9. The zero-order chi connectivity index (χ0) is 17.6. The molecule has 0 saturated carbocycles. The van der Waals surface area contributed by atoms with Crippen molar-refractivity contribution in [2.45, 2.75) is 0 Å². The average molecular weight is 333 g/mol. The lowest BCUT2D eigenvalue weighted by Gasteiger charge is -2.05. The summed E-state index contributed by atoms with van der Waals surface area (Å²) >= 11 is 0. The van der Waals surface area contributed by atoms with Crippen LogP contribution < -0.4 is 5.32 Å². The Hall–Kier alpha value is -3.79. The van der Waals surface area contributed by atoms with Crippen LogP contribution in [-0.4, -0.2) is 20.1 Å². The molecule has 25 heavy (non-hydrogen) atoms. The molecule has 0 amide bonds. The Morgan fingerprint density at radius 3 is 2.48 bits per heavy atom. The van der Waals surface area contributed by atoms with Gasteiger partial charge in [-0.3, -0.25) is 5.32 Å². The fourth-order valence-corrected chi connectivity index (χ4v) is 2.10. The van der Waals surface area contributed by atoms with E-state index in [9.17, 15) is 9.50 Å². The van der Waals surface area contributed by atoms with Crippen LogP contribution in [0, 0.1) is 17.3 Å². The van der Waals surface area contributed by atoms with Crippen LogP contribution in [0.15, 0.2) is 48.5 Å². The molecule has 1 heterocycles. The maximum Gasteiger partial charge on any atom is 0.240 e. The molecule has 7 heteroatoms. The molecule has 0 bridgehead atoms. The molecule has 0 radical (unpaired) electrons. The lowest BCUT2D eigenvalue weighted by atomic mass is 10.2. The molecule has 0 aliphatic heterocycles. The molecule has 6 nitrogen and oxygen atoms in total. The maximum absolute atomic E-state index is 12.9. The third kappa shape index (κ3) is 3.95. The molecule has 0 unspecified atom stereocenters. The molecule has 0 atom stereocenters. The summed E-state index contributed by atoms with van der Waals surface area (Å²) in [7, 11) is 0. The molecule has 0 spiro atoms. The summed E-state index contributed by atoms with van der Waals surface area (Å²) in [6.07, 6.45) is 5.07. The molecular weight excluding hydrogens is 321 g/mol. The van der Waals surface area contributed by atoms with Gasteiger partial charge in [-0.05, 0) is 35.9 Å². The topological polar surface area (TPSA) is 94.7 Å². The van der Waals surface area contributed by atoms with E-state index in [2.05, 4.69) is 20.3 Å². The standard InChI is InChI=1S/C18H12FN5O/c19-13-8-5-12(6-9-13)7-10-16-22-17(24-18(23-16)21-11-20)14-3-1-2-4-15(14)25/h1-10,25H,(H,21,22,23,24)/b10-7+. The number of phenolic OH excluding ortho intramolecular Hbond substituents is 1. The van der Waals surface area contributed by atoms with Crippen molar-refractivity contribution in [2.24, 2.45) is 0 Å². The number of halogens is 1. The molecule has 1 aromatic heterocycles. The van der Waals surface area contributed by atoms with E-state index in [0.717, 1.165) is 5.56 Å². The van der Waals surface area contributed by atoms with Gasteiger partial charge < -0.3 is 5.11 Å². The Morgan fingerprint density at radius 2 is 1.76 bits per heavy atom. The van der Waals surface area contributed by atoms with Gasteiger partial charge in [0.2, 0.25) is 5.95 Å². The molecule has 2 aromatic carbocycles. The van der Waals surface area contributed by atoms with Gasteiger partial charge >= 0.3 is 0 Å². The van der Waals surface area contributed by atoms with Gasteiger partial charge in [0.1, 0.15) is 11.6 Å². The zero-order valence-electron chi connectivity index (χ0n) is 12.9. The van der Waals surface area contributed by atoms with E-state index in [0.29, 0.717) is 5.56 Å². The van der Waals surface area contributed by atoms with Crippen molar-refractivity contribution < 1.29 is 9.50 Å². The molecule has 0 saturated heterocycles. The third-order valence-corrected chi connectivity index (χ3v) is 3.26. The quantitative estimate of drug-likeness (QED) is 0.561. The number of aromatic hydroxyl groups is 1. The summed E-state index contributed by atoms with van der Waals surface area (Å²) in [6.45, 7) is 0. The van der Waals surface area contributed by atoms with Gasteiger partial charge in [0.25, 0.3) is 0 Å². The van der Waals surface area contributed by atoms with E-state index in [4.69, 9.17) is 5.26 Å². The van der Waals surface area contributed by atoms with E-state index in [1.165, 1.54) is 18.2 Å². The van der Waals surface area contributed by atoms with Gasteiger partial charge in [0, 0.05) is 0 Å². The number of hydrogen-bond donors (Lipinski definition) is 2. The molecule has 0 aliphatic rings. The van der Waals surface area contributed by atoms with Crippen LogP contribution in [-0.2, 0) is 0 Å². The van der Waals surface area contributed by atoms with Crippen LogP contribution in [0.5, 0.6) is 5.75 Å². The number of aromatic nitrogens is 3. The Balaban J connectivity index is 2.00. The van der Waals surface area contributed by atoms with Crippen LogP contribution in [0.3, 0.4) is 0 Å². The maximum atomic E-state index is 12.9. The van der Waals surface area contributed by atoms with Crippen LogP contribution in [0.25, 0.3) is 23.5 Å². The molecule has 3 rings (SSSR count). The summed E-state index contributed by atoms with van der Waals surface area (Å²) in [5.74, 6) is 0.277. The van der Waals surface area contributed by atoms with E-state index in [-0.39, 0.29) is 29.2 Å². The van der Waals surface area contributed by atoms with Gasteiger partial charge in [-0.15, -0.1) is 0 Å². The van der Waals surface area contributed by atoms with E-state index in [1.807, 2.05) is 0 Å². The smallest absolute Gasteiger partial charge is 0.240 e. The predicted octanol–water partition coefficient (Wildman–Crippen LogP) is 3.45. The van der Waals surface area contributed by atoms with Crippen molar-refractivity contribution >= 4 is 18.1 Å². The van der Waals surface area contributed by atoms with Crippen molar-refractivity contribution in [3.63, 3.8) is 0 Å². The number of nitrogens with one attached hydrogen (secondary N) is 1. The van der Waals surface area contributed by atoms with E-state index >= 15 is 0 Å². The third-order valence-electron chi connectivity index (χ3n) is 3.26. The van der Waals surface area contributed by atoms with Crippen LogP contribution in [0.1, 0.15) is 11.4 Å². The fraction of sp³-hybridized carbons (Fsp3) is 0. The summed E-state index contributed by atoms with van der Waals surface area (Å²) in [4.78, 5) is 12.5. The van der Waals surface area contributed by atoms with Gasteiger partial charge in [-0.25, -0.2) is 9.37 Å². The minimum absolute atomic E-state index is 0.0186. The lowest BCUT2D eigenvalue weighted by Crippen LogP contribution is -2.02. The Bertz CT molecular complexity index is 964. The first-order valence-electron chi connectivity index (χ1n) is 7.29. The minimum atomic E-state index is -0.320. The van der Waals surface area contributed by atoms with Crippen LogP contribution in [0.2, 0.25) is 0 Å². The summed E-state index contributed by atoms with van der Waals surface area (Å²) in [6, 6.07) is 12.5. The first kappa shape index (κ1) is 16.1. The normalized spacial score (nSPS) is 10.6. The Labute approximate surface area is 143 Å². The molecule has 2 N–H and O–H groups in total. The van der Waals surface area contributed by atoms with E-state index < -0.39 is 0 Å². The highest BCUT2D eigenvalue weighted by Gasteiger charge is 2.10. The first-order chi connectivity index (χ1) is 12.2. The van der Waals surface area contributed by atoms with Gasteiger partial charge in [0.15, 0.2) is 17.8 Å². The van der Waals surface area contributed by atoms with Crippen molar-refractivity contribution in [2.75, 3.05) is 5.32 Å². The van der Waals surface area contributed by atoms with Gasteiger partial charge in [0.05, 0.1) is 5.56 Å². The average Bonchev–Trinajstić information content (AvgIpc) is 2.62. The van der Waals surface area contributed by atoms with Crippen molar-refractivity contribution in [1.82, 2.24) is 15.0 Å². The Kier molecular flexibility index (Phi) is 4.62. The molecule has 0 aliphatic carbocycles. The minimum Gasteiger partial charge on any atom is -0.507 e. The SMILES string of the molecule is N#CNc1nc(/C=C/c2ccc(F)cc2)nc(-c2ccccc2O)n1. The monoisotopic (exact) mass is 333 g/mol. The van der Waals surface area contributed by atoms with E-state index in [1.54, 1.807) is 48.7 Å². The number of benzene rings is 2. The van der Waals surface area contributed by atoms with Crippen LogP contribution >= 0.6 is 0 Å². The second-order valence-electron chi connectivity index (χ2n) is 4.98. The Morgan fingerprint density at radius 1 is 1.00 bits per heavy atom. The largest absolute Gasteiger partial charge is 0.507 e. The van der Waals surface area contributed by atoms with Crippen LogP contribution in [0.4, 0.5) is 10.3 Å². The highest BCUT2D eigenvalue weighted by Crippen LogP contribution is 2.26. The highest BCUT2D eigenvalue weighted by molar-refractivity contribution is 5.69. The summed E-state index contributed by atoms with van der Waals surface area (Å²) < 4.78 is 12.9. The molecule has 122 valence electrons. The van der Waals surface area contributed by atoms with Crippen molar-refractivity contribution in [3.05, 3.63) is 65.7 Å². The number of phenols is 1. The highest BCUT2D eigenvalue weighted by atomic mass is 19.1. The number of nitrogens with zero attached hydrogens (tertiary/aromatic N) is 4. The number of anilines is 1. The van der Waals surface area contributed by atoms with Crippen molar-refractivity contribution in [1.29, 1.82) is 5.26 Å². The molecular formula is C18H12FN5O. The second kappa shape index (κ2) is 7.19. The summed E-state index contributed by atoms with van der Waals surface area (Å²) in [5, 5.41) is 21.1. The summed E-state index contributed by atoms with van der Waals surface area (Å²) in [5.41, 5.74) is 1.18. The number of hydrogen-bond acceptors (Lipinski definition) is 6. The number of nitriles is 1. The lowest BCUT2D eigenvalue weighted by molar-refractivity contribution is 0.477. The fourth-order valence-electron chi connectivity index (χ4n) is 2.10. The van der Waals surface area contributed by atoms with Gasteiger partial charge in [-0.1, -0.05) is 30.3 Å². The number of para-hydroxylation sites is 1. The molecule has 0 fully saturated rings. The van der Waals surface area contributed by atoms with Crippen molar-refractivity contribution in [3.8, 4) is 23.3 Å². The first-order valence-corrected chi connectivity index (χ1v) is 7.29. The second-order valence-corrected chi connectivity index (χ2v) is 4.98. The van der Waals surface area contributed by atoms with Gasteiger partial charge in [-0.2, -0.15) is 15.2 Å².